The van der Waals surface area contributed by atoms with Gasteiger partial charge in [0.2, 0.25) is 0 Å². The number of carbonyl (C=O) groups is 2. The van der Waals surface area contributed by atoms with Gasteiger partial charge in [0.15, 0.2) is 11.5 Å². The van der Waals surface area contributed by atoms with E-state index in [1.807, 2.05) is 24.3 Å². The number of nitrogens with zero attached hydrogens (tertiary/aromatic N) is 1. The summed E-state index contributed by atoms with van der Waals surface area (Å²) in [5, 5.41) is 19.1. The fourth-order valence-electron chi connectivity index (χ4n) is 2.76. The smallest absolute Gasteiger partial charge is 0.290 e. The highest BCUT2D eigenvalue weighted by Gasteiger charge is 2.41. The summed E-state index contributed by atoms with van der Waals surface area (Å²) in [5.41, 5.74) is 2.00. The number of rotatable bonds is 5. The van der Waals surface area contributed by atoms with Gasteiger partial charge in [-0.05, 0) is 24.0 Å². The number of aliphatic hydroxyl groups is 2. The second-order valence-electron chi connectivity index (χ2n) is 5.76. The Labute approximate surface area is 129 Å². The van der Waals surface area contributed by atoms with E-state index in [2.05, 4.69) is 13.8 Å². The molecule has 0 fully saturated rings. The van der Waals surface area contributed by atoms with Crippen molar-refractivity contribution in [1.29, 1.82) is 0 Å². The van der Waals surface area contributed by atoms with E-state index in [0.717, 1.165) is 11.1 Å². The Bertz CT molecular complexity index is 616. The number of hydrogen-bond acceptors (Lipinski definition) is 4. The normalized spacial score (nSPS) is 18.5. The third kappa shape index (κ3) is 2.76. The van der Waals surface area contributed by atoms with Gasteiger partial charge in [-0.25, -0.2) is 0 Å². The third-order valence-electron chi connectivity index (χ3n) is 3.94. The molecular weight excluding hydrogens is 282 g/mol. The van der Waals surface area contributed by atoms with E-state index in [-0.39, 0.29) is 24.5 Å². The van der Waals surface area contributed by atoms with Gasteiger partial charge in [-0.15, -0.1) is 0 Å². The first-order chi connectivity index (χ1) is 10.4. The van der Waals surface area contributed by atoms with Crippen LogP contribution in [0.15, 0.2) is 35.6 Å². The maximum absolute atomic E-state index is 12.1. The van der Waals surface area contributed by atoms with Crippen molar-refractivity contribution in [2.45, 2.75) is 32.7 Å². The van der Waals surface area contributed by atoms with Gasteiger partial charge in [-0.1, -0.05) is 38.1 Å². The second-order valence-corrected chi connectivity index (χ2v) is 5.76. The maximum Gasteiger partial charge on any atom is 0.290 e. The molecule has 1 aromatic carbocycles. The van der Waals surface area contributed by atoms with Crippen molar-refractivity contribution in [2.75, 3.05) is 13.2 Å². The van der Waals surface area contributed by atoms with Gasteiger partial charge in [-0.2, -0.15) is 0 Å². The molecule has 1 atom stereocenters. The van der Waals surface area contributed by atoms with Gasteiger partial charge in [0.1, 0.15) is 0 Å². The number of ketones is 1. The Hall–Kier alpha value is -2.14. The molecule has 5 heteroatoms. The summed E-state index contributed by atoms with van der Waals surface area (Å²) in [6, 6.07) is 6.99. The monoisotopic (exact) mass is 303 g/mol. The van der Waals surface area contributed by atoms with Crippen LogP contribution < -0.4 is 0 Å². The van der Waals surface area contributed by atoms with Crippen molar-refractivity contribution >= 4 is 11.7 Å². The van der Waals surface area contributed by atoms with E-state index >= 15 is 0 Å². The molecule has 0 unspecified atom stereocenters. The van der Waals surface area contributed by atoms with Gasteiger partial charge in [0.05, 0.1) is 18.2 Å². The number of Topliss-reactive ketones (excluding diaryl/α,β-unsaturated/α-hetero) is 1. The van der Waals surface area contributed by atoms with Crippen molar-refractivity contribution in [3.8, 4) is 0 Å². The minimum absolute atomic E-state index is 0.0657. The van der Waals surface area contributed by atoms with E-state index in [1.54, 1.807) is 0 Å². The van der Waals surface area contributed by atoms with Crippen LogP contribution in [-0.4, -0.2) is 40.0 Å². The lowest BCUT2D eigenvalue weighted by Crippen LogP contribution is -2.33. The quantitative estimate of drug-likeness (QED) is 0.873. The van der Waals surface area contributed by atoms with Crippen LogP contribution in [-0.2, 0) is 9.59 Å². The second kappa shape index (κ2) is 6.32. The molecule has 0 aliphatic carbocycles. The van der Waals surface area contributed by atoms with Gasteiger partial charge in [0, 0.05) is 6.54 Å². The van der Waals surface area contributed by atoms with Crippen molar-refractivity contribution < 1.29 is 19.8 Å². The average Bonchev–Trinajstić information content (AvgIpc) is 2.72. The number of β-amino-alcohol motifs (C(OH)–C–C–N with tert-alkyl or cyclic N) is 1. The van der Waals surface area contributed by atoms with Crippen LogP contribution in [0.1, 0.15) is 43.9 Å². The third-order valence-corrected chi connectivity index (χ3v) is 3.94. The van der Waals surface area contributed by atoms with Crippen LogP contribution in [0.25, 0.3) is 0 Å². The van der Waals surface area contributed by atoms with Crippen LogP contribution in [0, 0.1) is 0 Å². The molecule has 0 saturated heterocycles. The zero-order chi connectivity index (χ0) is 16.4. The van der Waals surface area contributed by atoms with Gasteiger partial charge < -0.3 is 15.1 Å². The maximum atomic E-state index is 12.1. The van der Waals surface area contributed by atoms with Crippen LogP contribution >= 0.6 is 0 Å². The van der Waals surface area contributed by atoms with Gasteiger partial charge in [-0.3, -0.25) is 9.59 Å². The number of benzene rings is 1. The molecule has 22 heavy (non-hydrogen) atoms. The Balaban J connectivity index is 2.47. The van der Waals surface area contributed by atoms with Crippen LogP contribution in [0.4, 0.5) is 0 Å². The largest absolute Gasteiger partial charge is 0.503 e. The fraction of sp³-hybridized carbons (Fsp3) is 0.412. The van der Waals surface area contributed by atoms with E-state index in [4.69, 9.17) is 5.11 Å². The Morgan fingerprint density at radius 2 is 1.86 bits per heavy atom. The minimum Gasteiger partial charge on any atom is -0.503 e. The molecule has 1 aromatic rings. The summed E-state index contributed by atoms with van der Waals surface area (Å²) in [5.74, 6) is -1.09. The molecule has 118 valence electrons. The molecule has 0 spiro atoms. The highest BCUT2D eigenvalue weighted by molar-refractivity contribution is 6.08. The molecule has 1 aliphatic heterocycles. The minimum atomic E-state index is -0.640. The van der Waals surface area contributed by atoms with E-state index in [9.17, 15) is 14.7 Å². The highest BCUT2D eigenvalue weighted by Crippen LogP contribution is 2.37. The summed E-state index contributed by atoms with van der Waals surface area (Å²) >= 11 is 0. The molecule has 0 radical (unpaired) electrons. The molecule has 0 saturated carbocycles. The average molecular weight is 303 g/mol. The van der Waals surface area contributed by atoms with Crippen LogP contribution in [0.5, 0.6) is 0 Å². The molecule has 0 bridgehead atoms. The number of hydrogen-bond donors (Lipinski definition) is 2. The first-order valence-corrected chi connectivity index (χ1v) is 7.34. The van der Waals surface area contributed by atoms with E-state index in [0.29, 0.717) is 5.92 Å². The predicted octanol–water partition coefficient (Wildman–Crippen LogP) is 2.09. The first kappa shape index (κ1) is 16.2. The van der Waals surface area contributed by atoms with Crippen molar-refractivity contribution in [3.05, 3.63) is 46.7 Å². The van der Waals surface area contributed by atoms with E-state index < -0.39 is 17.7 Å². The lowest BCUT2D eigenvalue weighted by molar-refractivity contribution is -0.129. The molecule has 5 nitrogen and oxygen atoms in total. The first-order valence-electron chi connectivity index (χ1n) is 7.34. The number of aliphatic hydroxyl groups excluding tert-OH is 2. The van der Waals surface area contributed by atoms with Gasteiger partial charge >= 0.3 is 0 Å². The Morgan fingerprint density at radius 1 is 1.27 bits per heavy atom. The number of carbonyl (C=O) groups excluding carboxylic acids is 2. The molecule has 2 rings (SSSR count). The zero-order valence-corrected chi connectivity index (χ0v) is 13.0. The van der Waals surface area contributed by atoms with Crippen molar-refractivity contribution in [2.24, 2.45) is 0 Å². The molecule has 0 aromatic heterocycles. The summed E-state index contributed by atoms with van der Waals surface area (Å²) < 4.78 is 0. The molecular formula is C17H21NO4. The Kier molecular flexibility index (Phi) is 4.66. The Morgan fingerprint density at radius 3 is 2.32 bits per heavy atom. The SMILES string of the molecule is CC(=O)C1=C(O)C(=O)N(CCO)[C@@H]1c1ccc(C(C)C)cc1. The lowest BCUT2D eigenvalue weighted by atomic mass is 9.94. The van der Waals surface area contributed by atoms with Crippen molar-refractivity contribution in [1.82, 2.24) is 4.90 Å². The highest BCUT2D eigenvalue weighted by atomic mass is 16.3. The number of amides is 1. The zero-order valence-electron chi connectivity index (χ0n) is 13.0. The van der Waals surface area contributed by atoms with Gasteiger partial charge in [0.25, 0.3) is 5.91 Å². The topological polar surface area (TPSA) is 77.8 Å². The van der Waals surface area contributed by atoms with Crippen molar-refractivity contribution in [3.63, 3.8) is 0 Å². The fourth-order valence-corrected chi connectivity index (χ4v) is 2.76. The van der Waals surface area contributed by atoms with Crippen LogP contribution in [0.2, 0.25) is 0 Å². The lowest BCUT2D eigenvalue weighted by Gasteiger charge is -2.26. The van der Waals surface area contributed by atoms with E-state index in [1.165, 1.54) is 11.8 Å². The summed E-state index contributed by atoms with van der Waals surface area (Å²) in [6.45, 7) is 5.33. The predicted molar refractivity (Wildman–Crippen MR) is 82.4 cm³/mol. The molecule has 1 heterocycles. The summed E-state index contributed by atoms with van der Waals surface area (Å²) in [7, 11) is 0. The summed E-state index contributed by atoms with van der Waals surface area (Å²) in [6.07, 6.45) is 0. The summed E-state index contributed by atoms with van der Waals surface area (Å²) in [4.78, 5) is 25.3. The molecule has 2 N–H and O–H groups in total. The van der Waals surface area contributed by atoms with Crippen LogP contribution in [0.3, 0.4) is 0 Å². The molecule has 1 aliphatic rings. The standard InChI is InChI=1S/C17H21NO4/c1-10(2)12-4-6-13(7-5-12)15-14(11(3)20)16(21)17(22)18(15)8-9-19/h4-7,10,15,19,21H,8-9H2,1-3H3/t15-/m1/s1. The molecule has 1 amide bonds.